The Morgan fingerprint density at radius 1 is 0.973 bits per heavy atom. The third-order valence-electron chi connectivity index (χ3n) is 6.31. The molecule has 1 unspecified atom stereocenters. The number of likely N-dealkylation sites (tertiary alicyclic amines) is 1. The van der Waals surface area contributed by atoms with Crippen LogP contribution in [0.3, 0.4) is 0 Å². The first-order valence-corrected chi connectivity index (χ1v) is 11.9. The van der Waals surface area contributed by atoms with E-state index in [-0.39, 0.29) is 45.3 Å². The summed E-state index contributed by atoms with van der Waals surface area (Å²) in [6, 6.07) is 11.1. The monoisotopic (exact) mass is 571 g/mol. The largest absolute Gasteiger partial charge is 0.428 e. The minimum Gasteiger partial charge on any atom is -0.331 e. The lowest BCUT2D eigenvalue weighted by molar-refractivity contribution is -0.269. The average Bonchev–Trinajstić information content (AvgIpc) is 3.32. The van der Waals surface area contributed by atoms with Gasteiger partial charge >= 0.3 is 6.18 Å². The van der Waals surface area contributed by atoms with Crippen molar-refractivity contribution in [3.05, 3.63) is 104 Å². The van der Waals surface area contributed by atoms with E-state index in [1.54, 1.807) is 12.1 Å². The third-order valence-corrected chi connectivity index (χ3v) is 7.51. The Balaban J connectivity index is 1.38. The number of pyridine rings is 1. The fraction of sp³-hybridized carbons (Fsp3) is 0.200. The number of amides is 1. The number of nitrogens with zero attached hydrogens (tertiary/aromatic N) is 2. The number of nitrogens with one attached hydrogen (secondary N) is 1. The molecule has 1 atom stereocenters. The second-order valence-corrected chi connectivity index (χ2v) is 9.88. The van der Waals surface area contributed by atoms with Gasteiger partial charge in [0.25, 0.3) is 5.91 Å². The molecule has 1 fully saturated rings. The van der Waals surface area contributed by atoms with E-state index in [9.17, 15) is 18.0 Å². The summed E-state index contributed by atoms with van der Waals surface area (Å²) in [5, 5.41) is -0.395. The van der Waals surface area contributed by atoms with Crippen molar-refractivity contribution in [2.45, 2.75) is 17.4 Å². The van der Waals surface area contributed by atoms with Crippen LogP contribution in [0.5, 0.6) is 0 Å². The van der Waals surface area contributed by atoms with Crippen molar-refractivity contribution < 1.29 is 27.2 Å². The summed E-state index contributed by atoms with van der Waals surface area (Å²) in [4.78, 5) is 22.8. The van der Waals surface area contributed by atoms with Gasteiger partial charge in [-0.1, -0.05) is 59.1 Å². The van der Waals surface area contributed by atoms with Crippen molar-refractivity contribution >= 4 is 46.4 Å². The lowest BCUT2D eigenvalue weighted by Gasteiger charge is -2.44. The summed E-state index contributed by atoms with van der Waals surface area (Å²) in [6.45, 7) is -0.292. The highest BCUT2D eigenvalue weighted by atomic mass is 35.5. The van der Waals surface area contributed by atoms with Crippen molar-refractivity contribution in [3.63, 3.8) is 0 Å². The van der Waals surface area contributed by atoms with E-state index < -0.39 is 17.4 Å². The van der Waals surface area contributed by atoms with E-state index in [2.05, 4.69) is 10.5 Å². The average molecular weight is 573 g/mol. The lowest BCUT2D eigenvalue weighted by atomic mass is 9.86. The second kappa shape index (κ2) is 9.16. The van der Waals surface area contributed by atoms with Gasteiger partial charge in [0.05, 0.1) is 33.9 Å². The number of alkyl halides is 4. The van der Waals surface area contributed by atoms with Crippen LogP contribution in [-0.4, -0.2) is 35.1 Å². The molecule has 0 aliphatic carbocycles. The minimum atomic E-state index is -4.89. The molecule has 3 heterocycles. The Bertz CT molecular complexity index is 1370. The van der Waals surface area contributed by atoms with E-state index >= 15 is 4.39 Å². The van der Waals surface area contributed by atoms with E-state index in [1.807, 2.05) is 0 Å². The number of benzene rings is 2. The lowest BCUT2D eigenvalue weighted by Crippen LogP contribution is -2.58. The highest BCUT2D eigenvalue weighted by Crippen LogP contribution is 2.49. The Morgan fingerprint density at radius 2 is 1.57 bits per heavy atom. The maximum Gasteiger partial charge on any atom is 0.428 e. The molecule has 1 saturated heterocycles. The molecule has 3 aromatic rings. The van der Waals surface area contributed by atoms with Crippen LogP contribution in [0.1, 0.15) is 27.0 Å². The first-order chi connectivity index (χ1) is 17.4. The molecule has 1 amide bonds. The van der Waals surface area contributed by atoms with Gasteiger partial charge in [-0.3, -0.25) is 20.1 Å². The molecule has 2 aliphatic rings. The zero-order valence-electron chi connectivity index (χ0n) is 18.6. The molecule has 0 radical (unpaired) electrons. The van der Waals surface area contributed by atoms with Crippen LogP contribution in [-0.2, 0) is 16.1 Å². The van der Waals surface area contributed by atoms with E-state index in [0.29, 0.717) is 16.7 Å². The van der Waals surface area contributed by atoms with Crippen LogP contribution in [0, 0.1) is 0 Å². The molecule has 1 aromatic heterocycles. The number of rotatable bonds is 4. The molecule has 1 N–H and O–H groups in total. The quantitative estimate of drug-likeness (QED) is 0.279. The standard InChI is InChI=1S/C25H16Cl3F4N3O2/c26-18-9-17(10-19(27)21(18)28)24(25(30,31)32)11-20(34-37-24)14-1-3-16(4-2-14)23(29)12-35(13-23)22(36)15-5-7-33-8-6-15/h1-11,34H,12-13H2. The molecule has 192 valence electrons. The predicted octanol–water partition coefficient (Wildman–Crippen LogP) is 6.70. The molecule has 2 aliphatic heterocycles. The zero-order valence-corrected chi connectivity index (χ0v) is 20.9. The summed E-state index contributed by atoms with van der Waals surface area (Å²) in [7, 11) is 0. The summed E-state index contributed by atoms with van der Waals surface area (Å²) in [5.41, 5.74) is -1.66. The number of hydrogen-bond acceptors (Lipinski definition) is 4. The molecule has 37 heavy (non-hydrogen) atoms. The van der Waals surface area contributed by atoms with Gasteiger partial charge in [0, 0.05) is 23.5 Å². The normalized spacial score (nSPS) is 20.7. The SMILES string of the molecule is O=C(c1ccncc1)N1CC(F)(c2ccc(C3=CC(c4cc(Cl)c(Cl)c(Cl)c4)(C(F)(F)F)ON3)cc2)C1. The molecule has 2 aromatic carbocycles. The molecule has 0 bridgehead atoms. The van der Waals surface area contributed by atoms with Gasteiger partial charge in [0.1, 0.15) is 0 Å². The molecule has 12 heteroatoms. The van der Waals surface area contributed by atoms with Gasteiger partial charge in [0.15, 0.2) is 5.67 Å². The fourth-order valence-electron chi connectivity index (χ4n) is 4.27. The molecule has 0 spiro atoms. The number of aromatic nitrogens is 1. The third kappa shape index (κ3) is 4.44. The van der Waals surface area contributed by atoms with Crippen LogP contribution >= 0.6 is 34.8 Å². The van der Waals surface area contributed by atoms with Crippen molar-refractivity contribution in [2.75, 3.05) is 13.1 Å². The number of carbonyl (C=O) groups excluding carboxylic acids is 1. The Morgan fingerprint density at radius 3 is 2.14 bits per heavy atom. The first-order valence-electron chi connectivity index (χ1n) is 10.8. The molecular formula is C25H16Cl3F4N3O2. The highest BCUT2D eigenvalue weighted by molar-refractivity contribution is 6.48. The highest BCUT2D eigenvalue weighted by Gasteiger charge is 2.60. The van der Waals surface area contributed by atoms with Gasteiger partial charge in [-0.15, -0.1) is 0 Å². The summed E-state index contributed by atoms with van der Waals surface area (Å²) in [5.74, 6) is -0.310. The summed E-state index contributed by atoms with van der Waals surface area (Å²) in [6.07, 6.45) is -1.06. The number of carbonyl (C=O) groups is 1. The summed E-state index contributed by atoms with van der Waals surface area (Å²) >= 11 is 17.8. The maximum atomic E-state index is 15.4. The Kier molecular flexibility index (Phi) is 6.39. The molecule has 5 nitrogen and oxygen atoms in total. The van der Waals surface area contributed by atoms with Crippen LogP contribution in [0.4, 0.5) is 17.6 Å². The van der Waals surface area contributed by atoms with Crippen LogP contribution in [0.2, 0.25) is 15.1 Å². The molecule has 0 saturated carbocycles. The Labute approximate surface area is 223 Å². The zero-order chi connectivity index (χ0) is 26.6. The van der Waals surface area contributed by atoms with Gasteiger partial charge in [0.2, 0.25) is 5.60 Å². The van der Waals surface area contributed by atoms with Crippen molar-refractivity contribution in [1.82, 2.24) is 15.4 Å². The fourth-order valence-corrected chi connectivity index (χ4v) is 4.86. The Hall–Kier alpha value is -2.85. The van der Waals surface area contributed by atoms with E-state index in [4.69, 9.17) is 39.6 Å². The van der Waals surface area contributed by atoms with Gasteiger partial charge in [-0.2, -0.15) is 13.2 Å². The topological polar surface area (TPSA) is 54.5 Å². The van der Waals surface area contributed by atoms with Crippen LogP contribution < -0.4 is 5.48 Å². The predicted molar refractivity (Wildman–Crippen MR) is 131 cm³/mol. The smallest absolute Gasteiger partial charge is 0.331 e. The van der Waals surface area contributed by atoms with Gasteiger partial charge < -0.3 is 4.90 Å². The van der Waals surface area contributed by atoms with Gasteiger partial charge in [-0.25, -0.2) is 4.39 Å². The number of hydroxylamine groups is 1. The minimum absolute atomic E-state index is 0.0158. The van der Waals surface area contributed by atoms with E-state index in [0.717, 1.165) is 18.2 Å². The van der Waals surface area contributed by atoms with Crippen molar-refractivity contribution in [2.24, 2.45) is 0 Å². The van der Waals surface area contributed by atoms with Crippen LogP contribution in [0.15, 0.2) is 67.0 Å². The first kappa shape index (κ1) is 25.8. The van der Waals surface area contributed by atoms with E-state index in [1.165, 1.54) is 41.6 Å². The number of hydrogen-bond donors (Lipinski definition) is 1. The summed E-state index contributed by atoms with van der Waals surface area (Å²) < 4.78 is 58.2. The van der Waals surface area contributed by atoms with Crippen molar-refractivity contribution in [1.29, 1.82) is 0 Å². The second-order valence-electron chi connectivity index (χ2n) is 8.69. The van der Waals surface area contributed by atoms with Crippen molar-refractivity contribution in [3.8, 4) is 0 Å². The maximum absolute atomic E-state index is 15.4. The molecule has 5 rings (SSSR count). The van der Waals surface area contributed by atoms with Crippen LogP contribution in [0.25, 0.3) is 5.70 Å². The van der Waals surface area contributed by atoms with Gasteiger partial charge in [-0.05, 0) is 41.5 Å². The number of halogens is 7. The molecular weight excluding hydrogens is 557 g/mol.